The molecule has 1 N–H and O–H groups in total. The van der Waals surface area contributed by atoms with Gasteiger partial charge in [-0.3, -0.25) is 0 Å². The molecule has 0 saturated heterocycles. The Bertz CT molecular complexity index is 407. The lowest BCUT2D eigenvalue weighted by atomic mass is 10.2. The highest BCUT2D eigenvalue weighted by Crippen LogP contribution is 2.13. The third-order valence-corrected chi connectivity index (χ3v) is 3.70. The van der Waals surface area contributed by atoms with Gasteiger partial charge in [0.2, 0.25) is 0 Å². The Morgan fingerprint density at radius 1 is 1.43 bits per heavy atom. The quantitative estimate of drug-likeness (QED) is 0.821. The fraction of sp³-hybridized carbons (Fsp3) is 0.400. The first kappa shape index (κ1) is 11.2. The van der Waals surface area contributed by atoms with Crippen LogP contribution in [-0.2, 0) is 9.84 Å². The normalized spacial score (nSPS) is 13.9. The Morgan fingerprint density at radius 2 is 2.07 bits per heavy atom. The summed E-state index contributed by atoms with van der Waals surface area (Å²) in [7, 11) is -3.33. The van der Waals surface area contributed by atoms with Gasteiger partial charge in [-0.05, 0) is 31.5 Å². The highest BCUT2D eigenvalue weighted by atomic mass is 32.2. The summed E-state index contributed by atoms with van der Waals surface area (Å²) < 4.78 is 23.3. The maximum atomic E-state index is 11.6. The Labute approximate surface area is 84.3 Å². The molecule has 1 aromatic rings. The van der Waals surface area contributed by atoms with E-state index in [4.69, 9.17) is 5.11 Å². The molecule has 0 bridgehead atoms. The van der Waals surface area contributed by atoms with Gasteiger partial charge in [0, 0.05) is 0 Å². The summed E-state index contributed by atoms with van der Waals surface area (Å²) >= 11 is 0. The van der Waals surface area contributed by atoms with Crippen LogP contribution in [-0.4, -0.2) is 25.4 Å². The zero-order chi connectivity index (χ0) is 10.8. The summed E-state index contributed by atoms with van der Waals surface area (Å²) in [6, 6.07) is 6.69. The van der Waals surface area contributed by atoms with E-state index in [1.165, 1.54) is 6.92 Å². The van der Waals surface area contributed by atoms with Crippen LogP contribution in [0.4, 0.5) is 0 Å². The van der Waals surface area contributed by atoms with Crippen molar-refractivity contribution in [2.45, 2.75) is 24.8 Å². The van der Waals surface area contributed by atoms with Crippen molar-refractivity contribution in [2.75, 3.05) is 5.75 Å². The van der Waals surface area contributed by atoms with E-state index in [2.05, 4.69) is 0 Å². The lowest BCUT2D eigenvalue weighted by molar-refractivity contribution is 0.218. The molecule has 0 aromatic heterocycles. The first-order valence-corrected chi connectivity index (χ1v) is 6.04. The van der Waals surface area contributed by atoms with Gasteiger partial charge in [-0.15, -0.1) is 0 Å². The molecule has 1 rings (SSSR count). The minimum absolute atomic E-state index is 0.226. The fourth-order valence-electron chi connectivity index (χ4n) is 1.22. The zero-order valence-electron chi connectivity index (χ0n) is 8.27. The van der Waals surface area contributed by atoms with E-state index < -0.39 is 15.9 Å². The van der Waals surface area contributed by atoms with Crippen molar-refractivity contribution in [1.82, 2.24) is 0 Å². The highest BCUT2D eigenvalue weighted by Gasteiger charge is 2.16. The average Bonchev–Trinajstić information content (AvgIpc) is 2.01. The molecule has 1 atom stereocenters. The molecule has 78 valence electrons. The van der Waals surface area contributed by atoms with E-state index in [0.29, 0.717) is 0 Å². The molecule has 0 fully saturated rings. The third kappa shape index (κ3) is 2.82. The van der Waals surface area contributed by atoms with Crippen molar-refractivity contribution in [2.24, 2.45) is 0 Å². The minimum Gasteiger partial charge on any atom is -0.392 e. The van der Waals surface area contributed by atoms with Crippen LogP contribution in [0.1, 0.15) is 12.5 Å². The predicted molar refractivity (Wildman–Crippen MR) is 54.9 cm³/mol. The third-order valence-electron chi connectivity index (χ3n) is 1.81. The van der Waals surface area contributed by atoms with Crippen LogP contribution in [0.5, 0.6) is 0 Å². The second-order valence-electron chi connectivity index (χ2n) is 3.45. The number of aliphatic hydroxyl groups is 1. The number of aliphatic hydroxyl groups excluding tert-OH is 1. The molecule has 0 radical (unpaired) electrons. The lowest BCUT2D eigenvalue weighted by Crippen LogP contribution is -2.17. The van der Waals surface area contributed by atoms with Crippen LogP contribution < -0.4 is 0 Å². The number of aryl methyl sites for hydroxylation is 1. The summed E-state index contributed by atoms with van der Waals surface area (Å²) in [6.45, 7) is 3.30. The van der Waals surface area contributed by atoms with Crippen LogP contribution in [0.15, 0.2) is 29.2 Å². The molecule has 3 nitrogen and oxygen atoms in total. The van der Waals surface area contributed by atoms with Gasteiger partial charge < -0.3 is 5.11 Å². The van der Waals surface area contributed by atoms with Crippen LogP contribution in [0.2, 0.25) is 0 Å². The second kappa shape index (κ2) is 4.11. The summed E-state index contributed by atoms with van der Waals surface area (Å²) in [6.07, 6.45) is -0.833. The molecule has 0 amide bonds. The van der Waals surface area contributed by atoms with Crippen molar-refractivity contribution in [3.05, 3.63) is 29.8 Å². The van der Waals surface area contributed by atoms with Crippen molar-refractivity contribution >= 4 is 9.84 Å². The maximum absolute atomic E-state index is 11.6. The molecule has 14 heavy (non-hydrogen) atoms. The molecular weight excluding hydrogens is 200 g/mol. The Balaban J connectivity index is 3.05. The van der Waals surface area contributed by atoms with Crippen LogP contribution in [0.3, 0.4) is 0 Å². The van der Waals surface area contributed by atoms with Crippen molar-refractivity contribution < 1.29 is 13.5 Å². The van der Waals surface area contributed by atoms with Gasteiger partial charge in [-0.2, -0.15) is 0 Å². The van der Waals surface area contributed by atoms with Gasteiger partial charge in [0.25, 0.3) is 0 Å². The standard InChI is InChI=1S/C10H14O3S/c1-8-4-3-5-10(6-8)14(12,13)7-9(2)11/h3-6,9,11H,7H2,1-2H3. The monoisotopic (exact) mass is 214 g/mol. The first-order valence-electron chi connectivity index (χ1n) is 4.39. The largest absolute Gasteiger partial charge is 0.392 e. The highest BCUT2D eigenvalue weighted by molar-refractivity contribution is 7.91. The van der Waals surface area contributed by atoms with Crippen molar-refractivity contribution in [3.8, 4) is 0 Å². The predicted octanol–water partition coefficient (Wildman–Crippen LogP) is 1.15. The number of hydrogen-bond donors (Lipinski definition) is 1. The van der Waals surface area contributed by atoms with Crippen LogP contribution in [0, 0.1) is 6.92 Å². The molecule has 1 aromatic carbocycles. The summed E-state index contributed by atoms with van der Waals surface area (Å²) in [4.78, 5) is 0.276. The van der Waals surface area contributed by atoms with E-state index in [9.17, 15) is 8.42 Å². The van der Waals surface area contributed by atoms with Crippen LogP contribution in [0.25, 0.3) is 0 Å². The van der Waals surface area contributed by atoms with Gasteiger partial charge >= 0.3 is 0 Å². The van der Waals surface area contributed by atoms with E-state index >= 15 is 0 Å². The van der Waals surface area contributed by atoms with Gasteiger partial charge in [0.05, 0.1) is 16.8 Å². The molecule has 1 unspecified atom stereocenters. The Kier molecular flexibility index (Phi) is 3.29. The number of rotatable bonds is 3. The molecular formula is C10H14O3S. The Hall–Kier alpha value is -0.870. The van der Waals surface area contributed by atoms with Crippen molar-refractivity contribution in [1.29, 1.82) is 0 Å². The molecule has 0 saturated carbocycles. The maximum Gasteiger partial charge on any atom is 0.180 e. The second-order valence-corrected chi connectivity index (χ2v) is 5.48. The summed E-state index contributed by atoms with van der Waals surface area (Å²) in [5.74, 6) is -0.226. The van der Waals surface area contributed by atoms with E-state index in [1.807, 2.05) is 13.0 Å². The SMILES string of the molecule is Cc1cccc(S(=O)(=O)CC(C)O)c1. The fourth-order valence-corrected chi connectivity index (χ4v) is 2.70. The summed E-state index contributed by atoms with van der Waals surface area (Å²) in [5.41, 5.74) is 0.900. The first-order chi connectivity index (χ1) is 6.42. The topological polar surface area (TPSA) is 54.4 Å². The number of sulfone groups is 1. The number of benzene rings is 1. The van der Waals surface area contributed by atoms with Crippen molar-refractivity contribution in [3.63, 3.8) is 0 Å². The van der Waals surface area contributed by atoms with E-state index in [-0.39, 0.29) is 10.6 Å². The van der Waals surface area contributed by atoms with Gasteiger partial charge in [-0.25, -0.2) is 8.42 Å². The van der Waals surface area contributed by atoms with Gasteiger partial charge in [0.1, 0.15) is 0 Å². The molecule has 0 spiro atoms. The molecule has 0 aliphatic heterocycles. The lowest BCUT2D eigenvalue weighted by Gasteiger charge is -2.06. The number of hydrogen-bond acceptors (Lipinski definition) is 3. The van der Waals surface area contributed by atoms with Gasteiger partial charge in [-0.1, -0.05) is 12.1 Å². The molecule has 0 heterocycles. The van der Waals surface area contributed by atoms with E-state index in [1.54, 1.807) is 18.2 Å². The van der Waals surface area contributed by atoms with E-state index in [0.717, 1.165) is 5.56 Å². The van der Waals surface area contributed by atoms with Crippen LogP contribution >= 0.6 is 0 Å². The summed E-state index contributed by atoms with van der Waals surface area (Å²) in [5, 5.41) is 9.04. The Morgan fingerprint density at radius 3 is 2.57 bits per heavy atom. The molecule has 0 aliphatic carbocycles. The minimum atomic E-state index is -3.33. The molecule has 0 aliphatic rings. The zero-order valence-corrected chi connectivity index (χ0v) is 9.08. The molecule has 4 heteroatoms. The van der Waals surface area contributed by atoms with Gasteiger partial charge in [0.15, 0.2) is 9.84 Å². The smallest absolute Gasteiger partial charge is 0.180 e. The average molecular weight is 214 g/mol.